The third kappa shape index (κ3) is 3.00. The number of nitrogens with two attached hydrogens (primary N) is 1. The lowest BCUT2D eigenvalue weighted by Crippen LogP contribution is -2.37. The molecule has 0 aromatic carbocycles. The van der Waals surface area contributed by atoms with E-state index in [-0.39, 0.29) is 17.8 Å². The van der Waals surface area contributed by atoms with Gasteiger partial charge in [-0.2, -0.15) is 18.2 Å². The van der Waals surface area contributed by atoms with Gasteiger partial charge < -0.3 is 4.90 Å². The summed E-state index contributed by atoms with van der Waals surface area (Å²) in [7, 11) is 0. The van der Waals surface area contributed by atoms with E-state index in [1.807, 2.05) is 0 Å². The minimum absolute atomic E-state index is 0.0918. The summed E-state index contributed by atoms with van der Waals surface area (Å²) in [6, 6.07) is -0.0918. The zero-order chi connectivity index (χ0) is 13.3. The van der Waals surface area contributed by atoms with Gasteiger partial charge in [-0.1, -0.05) is 0 Å². The summed E-state index contributed by atoms with van der Waals surface area (Å²) in [6.07, 6.45) is -1.28. The Bertz CT molecular complexity index is 430. The first-order chi connectivity index (χ1) is 8.40. The first kappa shape index (κ1) is 12.9. The highest BCUT2D eigenvalue weighted by atomic mass is 19.4. The largest absolute Gasteiger partial charge is 0.405 e. The molecule has 1 aromatic heterocycles. The van der Waals surface area contributed by atoms with Crippen LogP contribution in [0.15, 0.2) is 6.20 Å². The van der Waals surface area contributed by atoms with Crippen LogP contribution in [0.4, 0.5) is 24.9 Å². The lowest BCUT2D eigenvalue weighted by atomic mass is 10.3. The molecule has 1 fully saturated rings. The van der Waals surface area contributed by atoms with E-state index in [1.54, 1.807) is 6.92 Å². The molecule has 0 radical (unpaired) electrons. The number of alkyl halides is 3. The maximum absolute atomic E-state index is 12.6. The van der Waals surface area contributed by atoms with E-state index < -0.39 is 12.7 Å². The highest BCUT2D eigenvalue weighted by Crippen LogP contribution is 2.34. The quantitative estimate of drug-likeness (QED) is 0.636. The predicted octanol–water partition coefficient (Wildman–Crippen LogP) is 1.60. The van der Waals surface area contributed by atoms with Gasteiger partial charge in [0, 0.05) is 17.8 Å². The Morgan fingerprint density at radius 1 is 1.50 bits per heavy atom. The van der Waals surface area contributed by atoms with Crippen LogP contribution in [0.5, 0.6) is 0 Å². The van der Waals surface area contributed by atoms with Crippen molar-refractivity contribution in [1.82, 2.24) is 9.97 Å². The van der Waals surface area contributed by atoms with Crippen LogP contribution >= 0.6 is 0 Å². The average Bonchev–Trinajstić information content (AvgIpc) is 3.09. The van der Waals surface area contributed by atoms with Crippen molar-refractivity contribution in [1.29, 1.82) is 0 Å². The summed E-state index contributed by atoms with van der Waals surface area (Å²) in [4.78, 5) is 9.15. The SMILES string of the molecule is Cc1cnc(NN)nc1N(CC(F)(F)F)C1CC1. The molecule has 2 rings (SSSR count). The summed E-state index contributed by atoms with van der Waals surface area (Å²) in [5.41, 5.74) is 2.84. The Kier molecular flexibility index (Phi) is 3.29. The minimum Gasteiger partial charge on any atom is -0.344 e. The number of hydrazine groups is 1. The summed E-state index contributed by atoms with van der Waals surface area (Å²) in [5, 5.41) is 0. The van der Waals surface area contributed by atoms with Gasteiger partial charge in [0.05, 0.1) is 0 Å². The van der Waals surface area contributed by atoms with E-state index in [1.165, 1.54) is 11.1 Å². The molecule has 8 heteroatoms. The van der Waals surface area contributed by atoms with Crippen LogP contribution in [0, 0.1) is 6.92 Å². The molecule has 0 aliphatic heterocycles. The Labute approximate surface area is 102 Å². The lowest BCUT2D eigenvalue weighted by Gasteiger charge is -2.26. The van der Waals surface area contributed by atoms with E-state index in [4.69, 9.17) is 5.84 Å². The fraction of sp³-hybridized carbons (Fsp3) is 0.600. The van der Waals surface area contributed by atoms with Gasteiger partial charge in [0.2, 0.25) is 5.95 Å². The first-order valence-corrected chi connectivity index (χ1v) is 5.54. The lowest BCUT2D eigenvalue weighted by molar-refractivity contribution is -0.120. The Morgan fingerprint density at radius 3 is 2.67 bits per heavy atom. The van der Waals surface area contributed by atoms with Crippen LogP contribution in [0.1, 0.15) is 18.4 Å². The summed E-state index contributed by atoms with van der Waals surface area (Å²) < 4.78 is 37.7. The number of hydrogen-bond acceptors (Lipinski definition) is 5. The van der Waals surface area contributed by atoms with Crippen LogP contribution < -0.4 is 16.2 Å². The fourth-order valence-corrected chi connectivity index (χ4v) is 1.75. The van der Waals surface area contributed by atoms with E-state index >= 15 is 0 Å². The number of nitrogen functional groups attached to an aromatic ring is 1. The van der Waals surface area contributed by atoms with Crippen LogP contribution in [0.25, 0.3) is 0 Å². The smallest absolute Gasteiger partial charge is 0.344 e. The van der Waals surface area contributed by atoms with E-state index in [2.05, 4.69) is 15.4 Å². The predicted molar refractivity (Wildman–Crippen MR) is 61.0 cm³/mol. The normalized spacial score (nSPS) is 15.6. The maximum Gasteiger partial charge on any atom is 0.405 e. The van der Waals surface area contributed by atoms with Gasteiger partial charge in [-0.3, -0.25) is 5.43 Å². The van der Waals surface area contributed by atoms with Crippen LogP contribution in [0.3, 0.4) is 0 Å². The molecular weight excluding hydrogens is 247 g/mol. The first-order valence-electron chi connectivity index (χ1n) is 5.54. The van der Waals surface area contributed by atoms with Gasteiger partial charge in [0.1, 0.15) is 12.4 Å². The summed E-state index contributed by atoms with van der Waals surface area (Å²) in [5.74, 6) is 5.58. The molecule has 0 bridgehead atoms. The Morgan fingerprint density at radius 2 is 2.17 bits per heavy atom. The molecule has 0 spiro atoms. The van der Waals surface area contributed by atoms with Crippen molar-refractivity contribution in [3.05, 3.63) is 11.8 Å². The molecule has 0 amide bonds. The number of halogens is 3. The van der Waals surface area contributed by atoms with Gasteiger partial charge in [-0.25, -0.2) is 10.8 Å². The molecule has 18 heavy (non-hydrogen) atoms. The molecule has 1 heterocycles. The average molecular weight is 261 g/mol. The topological polar surface area (TPSA) is 67.1 Å². The molecule has 1 aliphatic carbocycles. The van der Waals surface area contributed by atoms with Crippen molar-refractivity contribution in [2.45, 2.75) is 32.0 Å². The van der Waals surface area contributed by atoms with E-state index in [0.717, 1.165) is 12.8 Å². The molecule has 5 nitrogen and oxygen atoms in total. The Hall–Kier alpha value is -1.57. The molecule has 0 atom stereocenters. The van der Waals surface area contributed by atoms with E-state index in [0.29, 0.717) is 5.56 Å². The Balaban J connectivity index is 2.30. The van der Waals surface area contributed by atoms with Crippen molar-refractivity contribution < 1.29 is 13.2 Å². The molecule has 3 N–H and O–H groups in total. The number of aryl methyl sites for hydroxylation is 1. The van der Waals surface area contributed by atoms with Crippen molar-refractivity contribution in [3.8, 4) is 0 Å². The minimum atomic E-state index is -4.25. The second kappa shape index (κ2) is 4.60. The number of anilines is 2. The van der Waals surface area contributed by atoms with Gasteiger partial charge in [0.25, 0.3) is 0 Å². The highest BCUT2D eigenvalue weighted by Gasteiger charge is 2.39. The second-order valence-electron chi connectivity index (χ2n) is 4.32. The number of nitrogens with zero attached hydrogens (tertiary/aromatic N) is 3. The molecule has 0 saturated heterocycles. The molecule has 1 aliphatic rings. The van der Waals surface area contributed by atoms with Gasteiger partial charge in [-0.05, 0) is 19.8 Å². The van der Waals surface area contributed by atoms with Crippen molar-refractivity contribution in [3.63, 3.8) is 0 Å². The monoisotopic (exact) mass is 261 g/mol. The van der Waals surface area contributed by atoms with Gasteiger partial charge in [0.15, 0.2) is 0 Å². The molecule has 0 unspecified atom stereocenters. The zero-order valence-electron chi connectivity index (χ0n) is 9.83. The molecule has 1 aromatic rings. The van der Waals surface area contributed by atoms with Crippen molar-refractivity contribution >= 4 is 11.8 Å². The number of aromatic nitrogens is 2. The molecular formula is C10H14F3N5. The van der Waals surface area contributed by atoms with Crippen LogP contribution in [-0.2, 0) is 0 Å². The molecule has 1 saturated carbocycles. The summed E-state index contributed by atoms with van der Waals surface area (Å²) in [6.45, 7) is 0.681. The highest BCUT2D eigenvalue weighted by molar-refractivity contribution is 5.50. The third-order valence-electron chi connectivity index (χ3n) is 2.68. The number of nitrogens with one attached hydrogen (secondary N) is 1. The van der Waals surface area contributed by atoms with Gasteiger partial charge >= 0.3 is 6.18 Å². The van der Waals surface area contributed by atoms with Crippen LogP contribution in [-0.4, -0.2) is 28.7 Å². The van der Waals surface area contributed by atoms with E-state index in [9.17, 15) is 13.2 Å². The van der Waals surface area contributed by atoms with Gasteiger partial charge in [-0.15, -0.1) is 0 Å². The van der Waals surface area contributed by atoms with Crippen molar-refractivity contribution in [2.75, 3.05) is 16.9 Å². The third-order valence-corrected chi connectivity index (χ3v) is 2.68. The molecule has 100 valence electrons. The standard InChI is InChI=1S/C10H14F3N5/c1-6-4-15-9(17-14)16-8(6)18(7-2-3-7)5-10(11,12)13/h4,7H,2-3,5,14H2,1H3,(H,15,16,17). The van der Waals surface area contributed by atoms with Crippen molar-refractivity contribution in [2.24, 2.45) is 5.84 Å². The number of hydrogen-bond donors (Lipinski definition) is 2. The fourth-order valence-electron chi connectivity index (χ4n) is 1.75. The maximum atomic E-state index is 12.6. The summed E-state index contributed by atoms with van der Waals surface area (Å²) >= 11 is 0. The second-order valence-corrected chi connectivity index (χ2v) is 4.32. The van der Waals surface area contributed by atoms with Crippen LogP contribution in [0.2, 0.25) is 0 Å². The zero-order valence-corrected chi connectivity index (χ0v) is 9.83. The number of rotatable bonds is 4.